The van der Waals surface area contributed by atoms with Gasteiger partial charge in [-0.25, -0.2) is 0 Å². The monoisotopic (exact) mass is 298 g/mol. The van der Waals surface area contributed by atoms with Gasteiger partial charge in [0.15, 0.2) is 0 Å². The first-order valence-corrected chi connectivity index (χ1v) is 8.38. The van der Waals surface area contributed by atoms with Gasteiger partial charge in [0.1, 0.15) is 5.75 Å². The zero-order chi connectivity index (χ0) is 14.2. The van der Waals surface area contributed by atoms with E-state index in [1.165, 1.54) is 16.0 Å². The van der Waals surface area contributed by atoms with E-state index in [4.69, 9.17) is 4.74 Å². The number of fused-ring (bicyclic) bond motifs is 2. The van der Waals surface area contributed by atoms with Gasteiger partial charge >= 0.3 is 0 Å². The fourth-order valence-electron chi connectivity index (χ4n) is 3.23. The van der Waals surface area contributed by atoms with Crippen LogP contribution in [0.15, 0.2) is 47.4 Å². The lowest BCUT2D eigenvalue weighted by Gasteiger charge is -2.25. The average molecular weight is 298 g/mol. The molecule has 0 radical (unpaired) electrons. The Kier molecular flexibility index (Phi) is 3.40. The van der Waals surface area contributed by atoms with Crippen molar-refractivity contribution in [2.75, 3.05) is 6.61 Å². The molecular formula is C18H18O2S. The minimum absolute atomic E-state index is 0.180. The van der Waals surface area contributed by atoms with Gasteiger partial charge in [0, 0.05) is 15.7 Å². The molecule has 2 heterocycles. The molecule has 3 heteroatoms. The molecule has 0 saturated heterocycles. The lowest BCUT2D eigenvalue weighted by Crippen LogP contribution is -2.18. The van der Waals surface area contributed by atoms with Gasteiger partial charge in [-0.1, -0.05) is 36.4 Å². The highest BCUT2D eigenvalue weighted by Crippen LogP contribution is 2.45. The zero-order valence-corrected chi connectivity index (χ0v) is 12.6. The van der Waals surface area contributed by atoms with Crippen LogP contribution in [0.4, 0.5) is 0 Å². The van der Waals surface area contributed by atoms with Gasteiger partial charge in [-0.2, -0.15) is 0 Å². The number of ether oxygens (including phenoxy) is 1. The second-order valence-electron chi connectivity index (χ2n) is 5.70. The Morgan fingerprint density at radius 2 is 1.95 bits per heavy atom. The van der Waals surface area contributed by atoms with Crippen molar-refractivity contribution in [1.29, 1.82) is 0 Å². The lowest BCUT2D eigenvalue weighted by atomic mass is 9.96. The molecule has 0 aromatic heterocycles. The molecular weight excluding hydrogens is 280 g/mol. The highest BCUT2D eigenvalue weighted by atomic mass is 32.2. The SMILES string of the molecule is OC(c1cccc2c1OCCC2)C1Cc2ccccc2S1. The van der Waals surface area contributed by atoms with E-state index in [9.17, 15) is 5.11 Å². The maximum atomic E-state index is 10.8. The summed E-state index contributed by atoms with van der Waals surface area (Å²) < 4.78 is 5.84. The van der Waals surface area contributed by atoms with Crippen LogP contribution in [0, 0.1) is 0 Å². The highest BCUT2D eigenvalue weighted by Gasteiger charge is 2.31. The first-order chi connectivity index (χ1) is 10.3. The fourth-order valence-corrected chi connectivity index (χ4v) is 4.56. The minimum atomic E-state index is -0.476. The Morgan fingerprint density at radius 1 is 1.10 bits per heavy atom. The fraction of sp³-hybridized carbons (Fsp3) is 0.333. The summed E-state index contributed by atoms with van der Waals surface area (Å²) in [6.07, 6.45) is 2.56. The maximum absolute atomic E-state index is 10.8. The number of para-hydroxylation sites is 1. The van der Waals surface area contributed by atoms with Crippen molar-refractivity contribution < 1.29 is 9.84 Å². The van der Waals surface area contributed by atoms with Crippen LogP contribution in [0.5, 0.6) is 5.75 Å². The summed E-state index contributed by atoms with van der Waals surface area (Å²) in [4.78, 5) is 1.30. The van der Waals surface area contributed by atoms with E-state index in [0.717, 1.165) is 37.2 Å². The molecule has 4 rings (SSSR count). The van der Waals surface area contributed by atoms with Crippen molar-refractivity contribution in [2.24, 2.45) is 0 Å². The lowest BCUT2D eigenvalue weighted by molar-refractivity contribution is 0.166. The molecule has 0 fully saturated rings. The standard InChI is InChI=1S/C18H18O2S/c19-17(16-11-13-5-1-2-9-15(13)21-16)14-8-3-6-12-7-4-10-20-18(12)14/h1-3,5-6,8-9,16-17,19H,4,7,10-11H2. The van der Waals surface area contributed by atoms with Crippen molar-refractivity contribution in [1.82, 2.24) is 0 Å². The number of aryl methyl sites for hydroxylation is 1. The molecule has 0 bridgehead atoms. The Morgan fingerprint density at radius 3 is 2.86 bits per heavy atom. The van der Waals surface area contributed by atoms with Gasteiger partial charge in [-0.05, 0) is 36.5 Å². The van der Waals surface area contributed by atoms with Crippen LogP contribution in [0.3, 0.4) is 0 Å². The number of hydrogen-bond donors (Lipinski definition) is 1. The van der Waals surface area contributed by atoms with E-state index < -0.39 is 6.10 Å². The molecule has 2 nitrogen and oxygen atoms in total. The Hall–Kier alpha value is -1.45. The van der Waals surface area contributed by atoms with E-state index in [1.54, 1.807) is 11.8 Å². The van der Waals surface area contributed by atoms with Crippen molar-refractivity contribution in [3.63, 3.8) is 0 Å². The van der Waals surface area contributed by atoms with Gasteiger partial charge in [-0.15, -0.1) is 11.8 Å². The van der Waals surface area contributed by atoms with Crippen LogP contribution in [0.25, 0.3) is 0 Å². The van der Waals surface area contributed by atoms with Crippen molar-refractivity contribution >= 4 is 11.8 Å². The average Bonchev–Trinajstić information content (AvgIpc) is 2.97. The number of aliphatic hydroxyl groups is 1. The molecule has 2 aromatic carbocycles. The third-order valence-electron chi connectivity index (χ3n) is 4.31. The third kappa shape index (κ3) is 2.34. The molecule has 2 unspecified atom stereocenters. The number of thioether (sulfide) groups is 1. The maximum Gasteiger partial charge on any atom is 0.128 e. The second-order valence-corrected chi connectivity index (χ2v) is 6.98. The first kappa shape index (κ1) is 13.2. The Bertz CT molecular complexity index is 643. The minimum Gasteiger partial charge on any atom is -0.493 e. The van der Waals surface area contributed by atoms with Gasteiger partial charge in [0.05, 0.1) is 12.7 Å². The molecule has 0 saturated carbocycles. The van der Waals surface area contributed by atoms with Gasteiger partial charge in [-0.3, -0.25) is 0 Å². The summed E-state index contributed by atoms with van der Waals surface area (Å²) in [6, 6.07) is 14.6. The highest BCUT2D eigenvalue weighted by molar-refractivity contribution is 8.00. The largest absolute Gasteiger partial charge is 0.493 e. The van der Waals surface area contributed by atoms with E-state index in [1.807, 2.05) is 12.1 Å². The Labute approximate surface area is 129 Å². The van der Waals surface area contributed by atoms with Crippen LogP contribution in [-0.4, -0.2) is 17.0 Å². The summed E-state index contributed by atoms with van der Waals surface area (Å²) in [5.74, 6) is 0.924. The summed E-state index contributed by atoms with van der Waals surface area (Å²) in [6.45, 7) is 0.759. The van der Waals surface area contributed by atoms with Crippen LogP contribution in [0.1, 0.15) is 29.2 Å². The predicted molar refractivity (Wildman–Crippen MR) is 85.0 cm³/mol. The van der Waals surface area contributed by atoms with Crippen LogP contribution in [-0.2, 0) is 12.8 Å². The summed E-state index contributed by atoms with van der Waals surface area (Å²) in [5.41, 5.74) is 3.54. The van der Waals surface area contributed by atoms with E-state index in [0.29, 0.717) is 0 Å². The van der Waals surface area contributed by atoms with Crippen molar-refractivity contribution in [3.05, 3.63) is 59.2 Å². The molecule has 0 aliphatic carbocycles. The molecule has 1 N–H and O–H groups in total. The van der Waals surface area contributed by atoms with Gasteiger partial charge in [0.2, 0.25) is 0 Å². The van der Waals surface area contributed by atoms with E-state index >= 15 is 0 Å². The topological polar surface area (TPSA) is 29.5 Å². The second kappa shape index (κ2) is 5.39. The quantitative estimate of drug-likeness (QED) is 0.915. The molecule has 2 aromatic rings. The van der Waals surface area contributed by atoms with Crippen molar-refractivity contribution in [3.8, 4) is 5.75 Å². The molecule has 21 heavy (non-hydrogen) atoms. The molecule has 2 aliphatic heterocycles. The van der Waals surface area contributed by atoms with Crippen LogP contribution < -0.4 is 4.74 Å². The van der Waals surface area contributed by atoms with E-state index in [2.05, 4.69) is 30.3 Å². The summed E-state index contributed by atoms with van der Waals surface area (Å²) in [7, 11) is 0. The number of benzene rings is 2. The van der Waals surface area contributed by atoms with Crippen LogP contribution in [0.2, 0.25) is 0 Å². The van der Waals surface area contributed by atoms with Gasteiger partial charge in [0.25, 0.3) is 0 Å². The number of aliphatic hydroxyl groups excluding tert-OH is 1. The molecule has 2 atom stereocenters. The Balaban J connectivity index is 1.63. The van der Waals surface area contributed by atoms with Crippen LogP contribution >= 0.6 is 11.8 Å². The number of hydrogen-bond acceptors (Lipinski definition) is 3. The third-order valence-corrected chi connectivity index (χ3v) is 5.69. The summed E-state index contributed by atoms with van der Waals surface area (Å²) >= 11 is 1.78. The summed E-state index contributed by atoms with van der Waals surface area (Å²) in [5, 5.41) is 11.0. The smallest absolute Gasteiger partial charge is 0.128 e. The van der Waals surface area contributed by atoms with Gasteiger partial charge < -0.3 is 9.84 Å². The molecule has 108 valence electrons. The molecule has 0 spiro atoms. The number of rotatable bonds is 2. The predicted octanol–water partition coefficient (Wildman–Crippen LogP) is 3.76. The van der Waals surface area contributed by atoms with E-state index in [-0.39, 0.29) is 5.25 Å². The molecule has 2 aliphatic rings. The zero-order valence-electron chi connectivity index (χ0n) is 11.8. The molecule has 0 amide bonds. The first-order valence-electron chi connectivity index (χ1n) is 7.50. The normalized spacial score (nSPS) is 21.3. The van der Waals surface area contributed by atoms with Crippen molar-refractivity contribution in [2.45, 2.75) is 35.5 Å².